The first kappa shape index (κ1) is 16.2. The number of hydrogen-bond acceptors (Lipinski definition) is 5. The molecule has 3 N–H and O–H groups in total. The van der Waals surface area contributed by atoms with Gasteiger partial charge in [0.2, 0.25) is 10.0 Å². The Kier molecular flexibility index (Phi) is 5.92. The second-order valence-electron chi connectivity index (χ2n) is 4.54. The number of nitrogens with zero attached hydrogens (tertiary/aromatic N) is 1. The molecule has 2 rings (SSSR count). The molecule has 0 aliphatic heterocycles. The first-order valence-electron chi connectivity index (χ1n) is 6.89. The van der Waals surface area contributed by atoms with Gasteiger partial charge in [-0.15, -0.1) is 11.3 Å². The van der Waals surface area contributed by atoms with Gasteiger partial charge in [0.15, 0.2) is 0 Å². The Morgan fingerprint density at radius 1 is 1.38 bits per heavy atom. The molecule has 0 aliphatic carbocycles. The van der Waals surface area contributed by atoms with Gasteiger partial charge in [0.1, 0.15) is 10.0 Å². The smallest absolute Gasteiger partial charge is 0.250 e. The maximum Gasteiger partial charge on any atom is 0.250 e. The lowest BCUT2D eigenvalue weighted by molar-refractivity contribution is 0.580. The zero-order valence-corrected chi connectivity index (χ0v) is 13.6. The number of sulfonamides is 1. The number of thiophene rings is 1. The molecule has 0 atom stereocenters. The Bertz CT molecular complexity index is 635. The summed E-state index contributed by atoms with van der Waals surface area (Å²) in [4.78, 5) is 8.12. The first-order chi connectivity index (χ1) is 10.1. The van der Waals surface area contributed by atoms with Gasteiger partial charge in [-0.3, -0.25) is 0 Å². The minimum absolute atomic E-state index is 0.369. The van der Waals surface area contributed by atoms with Crippen LogP contribution < -0.4 is 10.0 Å². The van der Waals surface area contributed by atoms with E-state index in [9.17, 15) is 8.42 Å². The largest absolute Gasteiger partial charge is 0.349 e. The number of nitrogens with one attached hydrogen (secondary N) is 3. The van der Waals surface area contributed by atoms with Gasteiger partial charge >= 0.3 is 0 Å². The third kappa shape index (κ3) is 4.92. The van der Waals surface area contributed by atoms with Crippen LogP contribution in [0.5, 0.6) is 0 Å². The minimum Gasteiger partial charge on any atom is -0.349 e. The van der Waals surface area contributed by atoms with E-state index in [-0.39, 0.29) is 0 Å². The van der Waals surface area contributed by atoms with Crippen LogP contribution in [0.3, 0.4) is 0 Å². The molecule has 0 saturated heterocycles. The van der Waals surface area contributed by atoms with Crippen molar-refractivity contribution in [2.45, 2.75) is 30.5 Å². The van der Waals surface area contributed by atoms with Crippen LogP contribution >= 0.6 is 11.3 Å². The fraction of sp³-hybridized carbons (Fsp3) is 0.462. The third-order valence-corrected chi connectivity index (χ3v) is 5.93. The maximum atomic E-state index is 12.1. The zero-order valence-electron chi connectivity index (χ0n) is 11.9. The lowest BCUT2D eigenvalue weighted by atomic mass is 10.3. The molecule has 0 aliphatic rings. The highest BCUT2D eigenvalue weighted by Crippen LogP contribution is 2.21. The number of hydrogen-bond donors (Lipinski definition) is 3. The van der Waals surface area contributed by atoms with Crippen molar-refractivity contribution in [1.82, 2.24) is 20.0 Å². The number of H-pyrrole nitrogens is 1. The van der Waals surface area contributed by atoms with E-state index in [2.05, 4.69) is 20.0 Å². The molecule has 0 fully saturated rings. The Morgan fingerprint density at radius 3 is 2.95 bits per heavy atom. The van der Waals surface area contributed by atoms with Crippen LogP contribution in [0.1, 0.15) is 24.0 Å². The lowest BCUT2D eigenvalue weighted by Crippen LogP contribution is -2.24. The molecule has 0 spiro atoms. The summed E-state index contributed by atoms with van der Waals surface area (Å²) in [5, 5.41) is 3.18. The van der Waals surface area contributed by atoms with E-state index in [0.717, 1.165) is 23.7 Å². The molecule has 0 amide bonds. The average Bonchev–Trinajstić information content (AvgIpc) is 3.13. The number of imidazole rings is 1. The summed E-state index contributed by atoms with van der Waals surface area (Å²) in [6.07, 6.45) is 4.89. The van der Waals surface area contributed by atoms with Crippen molar-refractivity contribution in [3.8, 4) is 0 Å². The van der Waals surface area contributed by atoms with Crippen LogP contribution in [0, 0.1) is 0 Å². The summed E-state index contributed by atoms with van der Waals surface area (Å²) in [6, 6.07) is 3.51. The van der Waals surface area contributed by atoms with Gasteiger partial charge in [-0.2, -0.15) is 0 Å². The zero-order chi connectivity index (χ0) is 15.1. The van der Waals surface area contributed by atoms with Gasteiger partial charge in [-0.1, -0.05) is 6.92 Å². The van der Waals surface area contributed by atoms with Crippen LogP contribution in [0.2, 0.25) is 0 Å². The van der Waals surface area contributed by atoms with E-state index in [1.165, 1.54) is 11.3 Å². The molecule has 2 aromatic heterocycles. The van der Waals surface area contributed by atoms with E-state index in [0.29, 0.717) is 23.7 Å². The topological polar surface area (TPSA) is 86.9 Å². The summed E-state index contributed by atoms with van der Waals surface area (Å²) < 4.78 is 27.3. The summed E-state index contributed by atoms with van der Waals surface area (Å²) in [5.74, 6) is 0.873. The van der Waals surface area contributed by atoms with E-state index in [1.54, 1.807) is 18.5 Å². The summed E-state index contributed by atoms with van der Waals surface area (Å²) in [5.41, 5.74) is 0. The quantitative estimate of drug-likeness (QED) is 0.609. The van der Waals surface area contributed by atoms with E-state index >= 15 is 0 Å². The molecule has 2 aromatic rings. The predicted octanol–water partition coefficient (Wildman–Crippen LogP) is 1.49. The molecule has 0 saturated carbocycles. The van der Waals surface area contributed by atoms with Crippen molar-refractivity contribution in [1.29, 1.82) is 0 Å². The number of aryl methyl sites for hydroxylation is 1. The van der Waals surface area contributed by atoms with Crippen LogP contribution in [-0.4, -0.2) is 31.5 Å². The van der Waals surface area contributed by atoms with E-state index < -0.39 is 10.0 Å². The average molecular weight is 328 g/mol. The molecule has 0 radical (unpaired) electrons. The van der Waals surface area contributed by atoms with Crippen LogP contribution in [0.15, 0.2) is 28.7 Å². The highest BCUT2D eigenvalue weighted by molar-refractivity contribution is 7.91. The summed E-state index contributed by atoms with van der Waals surface area (Å²) >= 11 is 1.30. The normalized spacial score (nSPS) is 11.9. The summed E-state index contributed by atoms with van der Waals surface area (Å²) in [7, 11) is -3.40. The van der Waals surface area contributed by atoms with Crippen molar-refractivity contribution >= 4 is 21.4 Å². The van der Waals surface area contributed by atoms with E-state index in [1.807, 2.05) is 13.0 Å². The molecular weight excluding hydrogens is 308 g/mol. The fourth-order valence-electron chi connectivity index (χ4n) is 1.81. The maximum absolute atomic E-state index is 12.1. The predicted molar refractivity (Wildman–Crippen MR) is 83.8 cm³/mol. The fourth-order valence-corrected chi connectivity index (χ4v) is 4.26. The number of aromatic nitrogens is 2. The van der Waals surface area contributed by atoms with Crippen molar-refractivity contribution in [2.75, 3.05) is 13.1 Å². The third-order valence-electron chi connectivity index (χ3n) is 2.89. The molecule has 6 nitrogen and oxygen atoms in total. The minimum atomic E-state index is -3.40. The second-order valence-corrected chi connectivity index (χ2v) is 7.70. The van der Waals surface area contributed by atoms with Crippen LogP contribution in [-0.2, 0) is 23.0 Å². The van der Waals surface area contributed by atoms with Gasteiger partial charge in [-0.25, -0.2) is 18.1 Å². The van der Waals surface area contributed by atoms with Crippen molar-refractivity contribution in [3.05, 3.63) is 35.2 Å². The standard InChI is InChI=1S/C13H20N4O2S2/c1-2-14-10-11-5-6-13(20-11)21(18,19)17-7-3-4-12-15-8-9-16-12/h5-6,8-9,14,17H,2-4,7,10H2,1H3,(H,15,16). The van der Waals surface area contributed by atoms with Gasteiger partial charge in [0.25, 0.3) is 0 Å². The molecule has 116 valence electrons. The van der Waals surface area contributed by atoms with Crippen LogP contribution in [0.25, 0.3) is 0 Å². The monoisotopic (exact) mass is 328 g/mol. The molecular formula is C13H20N4O2S2. The molecule has 0 unspecified atom stereocenters. The van der Waals surface area contributed by atoms with Crippen molar-refractivity contribution in [3.63, 3.8) is 0 Å². The second kappa shape index (κ2) is 7.69. The molecule has 2 heterocycles. The van der Waals surface area contributed by atoms with Crippen LogP contribution in [0.4, 0.5) is 0 Å². The lowest BCUT2D eigenvalue weighted by Gasteiger charge is -2.04. The molecule has 0 bridgehead atoms. The van der Waals surface area contributed by atoms with Gasteiger partial charge in [0.05, 0.1) is 0 Å². The van der Waals surface area contributed by atoms with E-state index in [4.69, 9.17) is 0 Å². The van der Waals surface area contributed by atoms with Gasteiger partial charge < -0.3 is 10.3 Å². The Balaban J connectivity index is 1.82. The number of rotatable bonds is 9. The number of aromatic amines is 1. The Hall–Kier alpha value is -1.22. The van der Waals surface area contributed by atoms with Crippen molar-refractivity contribution < 1.29 is 8.42 Å². The summed E-state index contributed by atoms with van der Waals surface area (Å²) in [6.45, 7) is 4.00. The van der Waals surface area contributed by atoms with Gasteiger partial charge in [-0.05, 0) is 25.1 Å². The van der Waals surface area contributed by atoms with Gasteiger partial charge in [0, 0.05) is 36.8 Å². The highest BCUT2D eigenvalue weighted by Gasteiger charge is 2.16. The molecule has 21 heavy (non-hydrogen) atoms. The SMILES string of the molecule is CCNCc1ccc(S(=O)(=O)NCCCc2ncc[nH]2)s1. The Labute approximate surface area is 129 Å². The highest BCUT2D eigenvalue weighted by atomic mass is 32.2. The Morgan fingerprint density at radius 2 is 2.24 bits per heavy atom. The molecule has 0 aromatic carbocycles. The first-order valence-corrected chi connectivity index (χ1v) is 9.19. The van der Waals surface area contributed by atoms with Crippen molar-refractivity contribution in [2.24, 2.45) is 0 Å². The molecule has 8 heteroatoms.